The molecule has 1 heterocycles. The maximum absolute atomic E-state index is 12.5. The van der Waals surface area contributed by atoms with Crippen molar-refractivity contribution in [2.75, 3.05) is 18.5 Å². The molecule has 0 aliphatic rings. The number of carbonyl (C=O) groups excluding carboxylic acids is 1. The quantitative estimate of drug-likeness (QED) is 0.401. The van der Waals surface area contributed by atoms with E-state index in [0.29, 0.717) is 36.8 Å². The summed E-state index contributed by atoms with van der Waals surface area (Å²) in [5.74, 6) is 1.11. The molecule has 0 aliphatic carbocycles. The minimum Gasteiger partial charge on any atom is -0.494 e. The number of aryl methyl sites for hydroxylation is 1. The average Bonchev–Trinajstić information content (AvgIpc) is 3.06. The van der Waals surface area contributed by atoms with Gasteiger partial charge in [-0.15, -0.1) is 0 Å². The molecule has 0 saturated carbocycles. The number of rotatable bonds is 10. The molecule has 29 heavy (non-hydrogen) atoms. The molecule has 1 aromatic heterocycles. The van der Waals surface area contributed by atoms with Gasteiger partial charge >= 0.3 is 0 Å². The Kier molecular flexibility index (Phi) is 6.61. The number of ether oxygens (including phenoxy) is 1. The van der Waals surface area contributed by atoms with Gasteiger partial charge in [-0.2, -0.15) is 10.1 Å². The zero-order chi connectivity index (χ0) is 20.7. The fourth-order valence-corrected chi connectivity index (χ4v) is 3.87. The highest BCUT2D eigenvalue weighted by Gasteiger charge is 2.19. The zero-order valence-corrected chi connectivity index (χ0v) is 16.8. The molecule has 0 unspecified atom stereocenters. The van der Waals surface area contributed by atoms with Crippen LogP contribution in [-0.2, 0) is 22.6 Å². The van der Waals surface area contributed by atoms with Gasteiger partial charge < -0.3 is 10.1 Å². The van der Waals surface area contributed by atoms with Crippen LogP contribution in [0.25, 0.3) is 0 Å². The highest BCUT2D eigenvalue weighted by atomic mass is 32.2. The second-order valence-corrected chi connectivity index (χ2v) is 8.36. The molecule has 0 amide bonds. The van der Waals surface area contributed by atoms with Crippen LogP contribution < -0.4 is 10.1 Å². The molecule has 0 spiro atoms. The number of aromatic nitrogens is 3. The van der Waals surface area contributed by atoms with Crippen molar-refractivity contribution in [3.8, 4) is 5.75 Å². The Morgan fingerprint density at radius 2 is 1.93 bits per heavy atom. The van der Waals surface area contributed by atoms with Gasteiger partial charge in [-0.05, 0) is 30.7 Å². The van der Waals surface area contributed by atoms with Crippen molar-refractivity contribution in [3.05, 3.63) is 66.0 Å². The summed E-state index contributed by atoms with van der Waals surface area (Å²) in [5, 5.41) is 7.31. The van der Waals surface area contributed by atoms with Gasteiger partial charge in [0.2, 0.25) is 5.95 Å². The van der Waals surface area contributed by atoms with Crippen molar-refractivity contribution in [2.24, 2.45) is 7.05 Å². The van der Waals surface area contributed by atoms with E-state index in [2.05, 4.69) is 15.4 Å². The molecule has 8 nitrogen and oxygen atoms in total. The molecule has 0 atom stereocenters. The lowest BCUT2D eigenvalue weighted by Crippen LogP contribution is -2.10. The first-order valence-corrected chi connectivity index (χ1v) is 10.7. The van der Waals surface area contributed by atoms with Gasteiger partial charge in [0.25, 0.3) is 0 Å². The van der Waals surface area contributed by atoms with Crippen LogP contribution in [0.5, 0.6) is 5.75 Å². The number of carbonyl (C=O) groups is 1. The summed E-state index contributed by atoms with van der Waals surface area (Å²) in [4.78, 5) is 15.3. The van der Waals surface area contributed by atoms with E-state index in [4.69, 9.17) is 4.74 Å². The molecule has 0 aliphatic heterocycles. The molecule has 0 radical (unpaired) electrons. The molecule has 2 aromatic carbocycles. The zero-order valence-electron chi connectivity index (χ0n) is 16.0. The fraction of sp³-hybridized carbons (Fsp3) is 0.250. The van der Waals surface area contributed by atoms with E-state index in [1.165, 1.54) is 4.68 Å². The molecule has 0 saturated heterocycles. The first-order valence-electron chi connectivity index (χ1n) is 9.07. The number of nitrogens with zero attached hydrogens (tertiary/aromatic N) is 3. The molecule has 152 valence electrons. The van der Waals surface area contributed by atoms with Crippen molar-refractivity contribution in [2.45, 2.75) is 17.1 Å². The van der Waals surface area contributed by atoms with Crippen molar-refractivity contribution in [1.29, 1.82) is 0 Å². The molecular weight excluding hydrogens is 392 g/mol. The van der Waals surface area contributed by atoms with Crippen LogP contribution in [0.1, 0.15) is 22.6 Å². The Hall–Kier alpha value is -3.20. The summed E-state index contributed by atoms with van der Waals surface area (Å²) in [6.07, 6.45) is 1.47. The fourth-order valence-electron chi connectivity index (χ4n) is 2.67. The number of aldehydes is 1. The number of nitrogens with one attached hydrogen (secondary N) is 1. The SMILES string of the molecule is Cn1nc(CS(=O)(=O)c2ccccc2)nc1NCCCOc1cccc(C=O)c1. The largest absolute Gasteiger partial charge is 0.494 e. The predicted molar refractivity (Wildman–Crippen MR) is 109 cm³/mol. The second-order valence-electron chi connectivity index (χ2n) is 6.37. The molecule has 3 aromatic rings. The number of hydrogen-bond donors (Lipinski definition) is 1. The van der Waals surface area contributed by atoms with Crippen LogP contribution in [0.3, 0.4) is 0 Å². The summed E-state index contributed by atoms with van der Waals surface area (Å²) < 4.78 is 32.0. The van der Waals surface area contributed by atoms with Crippen molar-refractivity contribution in [1.82, 2.24) is 14.8 Å². The third-order valence-electron chi connectivity index (χ3n) is 4.10. The second kappa shape index (κ2) is 9.33. The Morgan fingerprint density at radius 3 is 2.69 bits per heavy atom. The van der Waals surface area contributed by atoms with Gasteiger partial charge in [-0.3, -0.25) is 4.79 Å². The number of benzene rings is 2. The van der Waals surface area contributed by atoms with Gasteiger partial charge in [0.1, 0.15) is 17.8 Å². The molecule has 3 rings (SSSR count). The van der Waals surface area contributed by atoms with Crippen molar-refractivity contribution >= 4 is 22.1 Å². The maximum atomic E-state index is 12.5. The Balaban J connectivity index is 1.50. The van der Waals surface area contributed by atoms with Crippen molar-refractivity contribution < 1.29 is 17.9 Å². The van der Waals surface area contributed by atoms with Gasteiger partial charge in [-0.1, -0.05) is 30.3 Å². The normalized spacial score (nSPS) is 11.2. The average molecular weight is 414 g/mol. The number of sulfone groups is 1. The third-order valence-corrected chi connectivity index (χ3v) is 5.72. The van der Waals surface area contributed by atoms with Gasteiger partial charge in [0.05, 0.1) is 11.5 Å². The molecular formula is C20H22N4O4S. The molecule has 0 bridgehead atoms. The van der Waals surface area contributed by atoms with E-state index in [-0.39, 0.29) is 16.5 Å². The van der Waals surface area contributed by atoms with E-state index >= 15 is 0 Å². The van der Waals surface area contributed by atoms with Crippen LogP contribution in [-0.4, -0.2) is 42.6 Å². The standard InChI is InChI=1S/C20H22N4O4S/c1-24-20(21-11-6-12-28-17-8-5-7-16(13-17)14-25)22-19(23-24)15-29(26,27)18-9-3-2-4-10-18/h2-5,7-10,13-14H,6,11-12,15H2,1H3,(H,21,22,23). The summed E-state index contributed by atoms with van der Waals surface area (Å²) >= 11 is 0. The minimum atomic E-state index is -3.49. The Bertz CT molecular complexity index is 1070. The van der Waals surface area contributed by atoms with E-state index < -0.39 is 9.84 Å². The summed E-state index contributed by atoms with van der Waals surface area (Å²) in [5.41, 5.74) is 0.567. The lowest BCUT2D eigenvalue weighted by Gasteiger charge is -2.07. The van der Waals surface area contributed by atoms with Crippen LogP contribution in [0, 0.1) is 0 Å². The smallest absolute Gasteiger partial charge is 0.221 e. The number of anilines is 1. The summed E-state index contributed by atoms with van der Waals surface area (Å²) in [7, 11) is -1.79. The van der Waals surface area contributed by atoms with E-state index in [0.717, 1.165) is 6.29 Å². The summed E-state index contributed by atoms with van der Waals surface area (Å²) in [6.45, 7) is 1.03. The van der Waals surface area contributed by atoms with E-state index in [1.54, 1.807) is 61.6 Å². The lowest BCUT2D eigenvalue weighted by atomic mass is 10.2. The third kappa shape index (κ3) is 5.64. The lowest BCUT2D eigenvalue weighted by molar-refractivity contribution is 0.112. The maximum Gasteiger partial charge on any atom is 0.221 e. The highest BCUT2D eigenvalue weighted by molar-refractivity contribution is 7.90. The Morgan fingerprint density at radius 1 is 1.14 bits per heavy atom. The topological polar surface area (TPSA) is 103 Å². The van der Waals surface area contributed by atoms with E-state index in [1.807, 2.05) is 0 Å². The highest BCUT2D eigenvalue weighted by Crippen LogP contribution is 2.15. The van der Waals surface area contributed by atoms with Crippen LogP contribution >= 0.6 is 0 Å². The minimum absolute atomic E-state index is 0.237. The summed E-state index contributed by atoms with van der Waals surface area (Å²) in [6, 6.07) is 15.2. The first-order chi connectivity index (χ1) is 14.0. The molecule has 1 N–H and O–H groups in total. The van der Waals surface area contributed by atoms with Gasteiger partial charge in [-0.25, -0.2) is 13.1 Å². The van der Waals surface area contributed by atoms with Crippen LogP contribution in [0.2, 0.25) is 0 Å². The van der Waals surface area contributed by atoms with E-state index in [9.17, 15) is 13.2 Å². The Labute approximate surface area is 169 Å². The van der Waals surface area contributed by atoms with Gasteiger partial charge in [0.15, 0.2) is 15.7 Å². The molecule has 9 heteroatoms. The van der Waals surface area contributed by atoms with Crippen molar-refractivity contribution in [3.63, 3.8) is 0 Å². The van der Waals surface area contributed by atoms with Crippen LogP contribution in [0.4, 0.5) is 5.95 Å². The predicted octanol–water partition coefficient (Wildman–Crippen LogP) is 2.48. The monoisotopic (exact) mass is 414 g/mol. The van der Waals surface area contributed by atoms with Crippen LogP contribution in [0.15, 0.2) is 59.5 Å². The first kappa shape index (κ1) is 20.5. The molecule has 0 fully saturated rings. The van der Waals surface area contributed by atoms with Gasteiger partial charge in [0, 0.05) is 19.2 Å². The number of hydrogen-bond acceptors (Lipinski definition) is 7.